The first-order valence-corrected chi connectivity index (χ1v) is 4.08. The molecule has 8 heteroatoms. The third-order valence-corrected chi connectivity index (χ3v) is 1.86. The van der Waals surface area contributed by atoms with Gasteiger partial charge in [-0.05, 0) is 22.9 Å². The Morgan fingerprint density at radius 3 is 2.56 bits per heavy atom. The van der Waals surface area contributed by atoms with Crippen molar-refractivity contribution in [2.24, 2.45) is 5.73 Å². The maximum Gasteiger partial charge on any atom is 0.373 e. The summed E-state index contributed by atoms with van der Waals surface area (Å²) in [5.74, 6) is -2.05. The summed E-state index contributed by atoms with van der Waals surface area (Å²) >= 11 is 0. The Hall–Kier alpha value is -2.12. The molecule has 1 amide bonds. The van der Waals surface area contributed by atoms with Crippen molar-refractivity contribution in [3.63, 3.8) is 0 Å². The van der Waals surface area contributed by atoms with Crippen molar-refractivity contribution in [2.45, 2.75) is 13.3 Å². The van der Waals surface area contributed by atoms with Crippen LogP contribution in [0, 0.1) is 17.0 Å². The molecule has 0 radical (unpaired) electrons. The standard InChI is InChI=1S/C8H7F2N3O3/c1-3-2-4(6(9)10)8(13(15)16)12-5(3)7(11)14/h2,6H,1H3,(H2,11,14). The third kappa shape index (κ3) is 2.10. The number of aryl methyl sites for hydroxylation is 1. The van der Waals surface area contributed by atoms with Crippen LogP contribution < -0.4 is 5.73 Å². The molecule has 0 bridgehead atoms. The van der Waals surface area contributed by atoms with Crippen LogP contribution in [0.25, 0.3) is 0 Å². The lowest BCUT2D eigenvalue weighted by molar-refractivity contribution is -0.391. The normalized spacial score (nSPS) is 10.5. The quantitative estimate of drug-likeness (QED) is 0.626. The molecule has 16 heavy (non-hydrogen) atoms. The SMILES string of the molecule is Cc1cc(C(F)F)c([N+](=O)[O-])nc1C(N)=O. The summed E-state index contributed by atoms with van der Waals surface area (Å²) in [7, 11) is 0. The van der Waals surface area contributed by atoms with Gasteiger partial charge in [-0.1, -0.05) is 0 Å². The number of aromatic nitrogens is 1. The van der Waals surface area contributed by atoms with Crippen LogP contribution in [-0.4, -0.2) is 15.8 Å². The second-order valence-electron chi connectivity index (χ2n) is 2.99. The summed E-state index contributed by atoms with van der Waals surface area (Å²) in [5.41, 5.74) is 3.77. The lowest BCUT2D eigenvalue weighted by Crippen LogP contribution is -2.16. The van der Waals surface area contributed by atoms with E-state index in [-0.39, 0.29) is 11.3 Å². The molecule has 0 aromatic carbocycles. The van der Waals surface area contributed by atoms with Crippen LogP contribution in [0.3, 0.4) is 0 Å². The van der Waals surface area contributed by atoms with E-state index in [1.807, 2.05) is 0 Å². The zero-order chi connectivity index (χ0) is 12.5. The number of nitrogens with zero attached hydrogens (tertiary/aromatic N) is 2. The highest BCUT2D eigenvalue weighted by Gasteiger charge is 2.27. The number of nitro groups is 1. The van der Waals surface area contributed by atoms with Gasteiger partial charge in [0, 0.05) is 5.56 Å². The first-order chi connectivity index (χ1) is 7.34. The lowest BCUT2D eigenvalue weighted by atomic mass is 10.1. The number of hydrogen-bond acceptors (Lipinski definition) is 4. The highest BCUT2D eigenvalue weighted by Crippen LogP contribution is 2.28. The first kappa shape index (κ1) is 12.0. The third-order valence-electron chi connectivity index (χ3n) is 1.86. The topological polar surface area (TPSA) is 99.1 Å². The van der Waals surface area contributed by atoms with Crippen LogP contribution in [0.5, 0.6) is 0 Å². The molecular formula is C8H7F2N3O3. The fourth-order valence-electron chi connectivity index (χ4n) is 1.18. The average Bonchev–Trinajstić information content (AvgIpc) is 2.15. The molecule has 0 atom stereocenters. The van der Waals surface area contributed by atoms with Gasteiger partial charge in [0.1, 0.15) is 5.56 Å². The Morgan fingerprint density at radius 2 is 2.19 bits per heavy atom. The number of carbonyl (C=O) groups is 1. The van der Waals surface area contributed by atoms with E-state index in [4.69, 9.17) is 5.73 Å². The van der Waals surface area contributed by atoms with Gasteiger partial charge in [-0.25, -0.2) is 8.78 Å². The maximum atomic E-state index is 12.4. The maximum absolute atomic E-state index is 12.4. The monoisotopic (exact) mass is 231 g/mol. The summed E-state index contributed by atoms with van der Waals surface area (Å²) in [6, 6.07) is 0.843. The van der Waals surface area contributed by atoms with Gasteiger partial charge in [0.05, 0.1) is 0 Å². The Kier molecular flexibility index (Phi) is 3.11. The molecule has 0 aliphatic heterocycles. The average molecular weight is 231 g/mol. The molecule has 2 N–H and O–H groups in total. The van der Waals surface area contributed by atoms with Crippen LogP contribution >= 0.6 is 0 Å². The van der Waals surface area contributed by atoms with Crippen molar-refractivity contribution >= 4 is 11.7 Å². The fraction of sp³-hybridized carbons (Fsp3) is 0.250. The molecule has 1 aromatic heterocycles. The van der Waals surface area contributed by atoms with Crippen molar-refractivity contribution in [3.05, 3.63) is 33.0 Å². The van der Waals surface area contributed by atoms with E-state index in [9.17, 15) is 23.7 Å². The number of nitrogens with two attached hydrogens (primary N) is 1. The Balaban J connectivity index is 3.49. The minimum absolute atomic E-state index is 0.0772. The van der Waals surface area contributed by atoms with Crippen molar-refractivity contribution < 1.29 is 18.5 Å². The molecule has 0 spiro atoms. The highest BCUT2D eigenvalue weighted by molar-refractivity contribution is 5.92. The smallest absolute Gasteiger partial charge is 0.362 e. The van der Waals surface area contributed by atoms with E-state index in [1.165, 1.54) is 6.92 Å². The molecule has 1 rings (SSSR count). The molecule has 86 valence electrons. The van der Waals surface area contributed by atoms with Gasteiger partial charge in [-0.2, -0.15) is 0 Å². The van der Waals surface area contributed by atoms with Crippen molar-refractivity contribution in [1.82, 2.24) is 4.98 Å². The zero-order valence-electron chi connectivity index (χ0n) is 8.11. The van der Waals surface area contributed by atoms with E-state index in [0.29, 0.717) is 0 Å². The van der Waals surface area contributed by atoms with Crippen LogP contribution in [0.4, 0.5) is 14.6 Å². The van der Waals surface area contributed by atoms with Crippen LogP contribution in [0.15, 0.2) is 6.07 Å². The molecule has 0 saturated heterocycles. The summed E-state index contributed by atoms with van der Waals surface area (Å²) in [6.45, 7) is 1.32. The van der Waals surface area contributed by atoms with Gasteiger partial charge in [0.25, 0.3) is 12.3 Å². The molecule has 0 saturated carbocycles. The predicted octanol–water partition coefficient (Wildman–Crippen LogP) is 1.33. The molecule has 6 nitrogen and oxygen atoms in total. The second kappa shape index (κ2) is 4.17. The number of alkyl halides is 2. The Morgan fingerprint density at radius 1 is 1.62 bits per heavy atom. The summed E-state index contributed by atoms with van der Waals surface area (Å²) < 4.78 is 24.9. The van der Waals surface area contributed by atoms with Crippen molar-refractivity contribution in [2.75, 3.05) is 0 Å². The van der Waals surface area contributed by atoms with Gasteiger partial charge < -0.3 is 15.8 Å². The van der Waals surface area contributed by atoms with E-state index in [1.54, 1.807) is 0 Å². The molecule has 0 unspecified atom stereocenters. The molecule has 0 aliphatic carbocycles. The van der Waals surface area contributed by atoms with E-state index < -0.39 is 28.6 Å². The summed E-state index contributed by atoms with van der Waals surface area (Å²) in [4.78, 5) is 23.5. The number of hydrogen-bond donors (Lipinski definition) is 1. The number of halogens is 2. The van der Waals surface area contributed by atoms with E-state index in [2.05, 4.69) is 4.98 Å². The lowest BCUT2D eigenvalue weighted by Gasteiger charge is -2.03. The summed E-state index contributed by atoms with van der Waals surface area (Å²) in [5, 5.41) is 10.5. The van der Waals surface area contributed by atoms with Crippen LogP contribution in [0.2, 0.25) is 0 Å². The van der Waals surface area contributed by atoms with Gasteiger partial charge in [-0.3, -0.25) is 4.79 Å². The predicted molar refractivity (Wildman–Crippen MR) is 49.1 cm³/mol. The number of pyridine rings is 1. The molecule has 0 aliphatic rings. The van der Waals surface area contributed by atoms with Crippen LogP contribution in [-0.2, 0) is 0 Å². The molecule has 0 fully saturated rings. The Bertz CT molecular complexity index is 462. The van der Waals surface area contributed by atoms with Crippen molar-refractivity contribution in [3.8, 4) is 0 Å². The molecular weight excluding hydrogens is 224 g/mol. The number of carbonyl (C=O) groups excluding carboxylic acids is 1. The number of amides is 1. The second-order valence-corrected chi connectivity index (χ2v) is 2.99. The van der Waals surface area contributed by atoms with Gasteiger partial charge in [0.2, 0.25) is 5.69 Å². The Labute approximate surface area is 88.2 Å². The van der Waals surface area contributed by atoms with E-state index >= 15 is 0 Å². The van der Waals surface area contributed by atoms with Gasteiger partial charge in [0.15, 0.2) is 0 Å². The van der Waals surface area contributed by atoms with Gasteiger partial charge >= 0.3 is 5.82 Å². The fourth-order valence-corrected chi connectivity index (χ4v) is 1.18. The molecule has 1 heterocycles. The molecule has 1 aromatic rings. The largest absolute Gasteiger partial charge is 0.373 e. The highest BCUT2D eigenvalue weighted by atomic mass is 19.3. The zero-order valence-corrected chi connectivity index (χ0v) is 8.11. The minimum Gasteiger partial charge on any atom is -0.362 e. The minimum atomic E-state index is -3.03. The van der Waals surface area contributed by atoms with Crippen LogP contribution in [0.1, 0.15) is 28.0 Å². The van der Waals surface area contributed by atoms with Gasteiger partial charge in [-0.15, -0.1) is 0 Å². The number of primary amides is 1. The summed E-state index contributed by atoms with van der Waals surface area (Å²) in [6.07, 6.45) is -3.03. The van der Waals surface area contributed by atoms with E-state index in [0.717, 1.165) is 6.07 Å². The number of rotatable bonds is 3. The first-order valence-electron chi connectivity index (χ1n) is 4.08. The van der Waals surface area contributed by atoms with Crippen molar-refractivity contribution in [1.29, 1.82) is 0 Å².